The first-order valence-corrected chi connectivity index (χ1v) is 8.12. The number of amidine groups is 1. The van der Waals surface area contributed by atoms with E-state index in [1.54, 1.807) is 0 Å². The number of benzene rings is 1. The summed E-state index contributed by atoms with van der Waals surface area (Å²) in [5.74, 6) is 0.120. The van der Waals surface area contributed by atoms with Crippen molar-refractivity contribution in [3.8, 4) is 0 Å². The molecule has 0 aliphatic carbocycles. The molecule has 5 nitrogen and oxygen atoms in total. The largest absolute Gasteiger partial charge is 0.409 e. The fourth-order valence-corrected chi connectivity index (χ4v) is 3.21. The van der Waals surface area contributed by atoms with Gasteiger partial charge in [0, 0.05) is 47.9 Å². The summed E-state index contributed by atoms with van der Waals surface area (Å²) in [5, 5.41) is 11.8. The lowest BCUT2D eigenvalue weighted by Crippen LogP contribution is -2.49. The first-order chi connectivity index (χ1) is 10.1. The van der Waals surface area contributed by atoms with Crippen LogP contribution in [0.25, 0.3) is 0 Å². The van der Waals surface area contributed by atoms with E-state index in [9.17, 15) is 0 Å². The molecule has 21 heavy (non-hydrogen) atoms. The van der Waals surface area contributed by atoms with Gasteiger partial charge in [-0.1, -0.05) is 12.1 Å². The molecule has 1 aliphatic heterocycles. The van der Waals surface area contributed by atoms with Crippen LogP contribution in [0.5, 0.6) is 0 Å². The van der Waals surface area contributed by atoms with E-state index in [0.717, 1.165) is 30.7 Å². The van der Waals surface area contributed by atoms with Crippen LogP contribution in [0.1, 0.15) is 25.8 Å². The van der Waals surface area contributed by atoms with Crippen LogP contribution in [0.3, 0.4) is 0 Å². The maximum Gasteiger partial charge on any atom is 0.171 e. The average Bonchev–Trinajstić information content (AvgIpc) is 2.53. The molecule has 0 bridgehead atoms. The molecule has 1 unspecified atom stereocenters. The molecule has 3 N–H and O–H groups in total. The lowest BCUT2D eigenvalue weighted by molar-refractivity contribution is 0.193. The first-order valence-electron chi connectivity index (χ1n) is 7.33. The Labute approximate surface area is 134 Å². The van der Waals surface area contributed by atoms with Crippen LogP contribution in [-0.4, -0.2) is 48.2 Å². The van der Waals surface area contributed by atoms with Crippen molar-refractivity contribution in [2.24, 2.45) is 10.9 Å². The van der Waals surface area contributed by atoms with Crippen LogP contribution in [0.2, 0.25) is 0 Å². The molecule has 116 valence electrons. The fraction of sp³-hybridized carbons (Fsp3) is 0.533. The van der Waals surface area contributed by atoms with Crippen LogP contribution in [0.4, 0.5) is 5.69 Å². The molecule has 0 amide bonds. The van der Waals surface area contributed by atoms with Gasteiger partial charge in [0.15, 0.2) is 5.84 Å². The lowest BCUT2D eigenvalue weighted by Gasteiger charge is -2.39. The third-order valence-electron chi connectivity index (χ3n) is 4.23. The highest BCUT2D eigenvalue weighted by Crippen LogP contribution is 2.25. The Balaban J connectivity index is 2.06. The summed E-state index contributed by atoms with van der Waals surface area (Å²) in [4.78, 5) is 4.91. The van der Waals surface area contributed by atoms with Gasteiger partial charge in [-0.05, 0) is 47.5 Å². The minimum Gasteiger partial charge on any atom is -0.409 e. The van der Waals surface area contributed by atoms with Crippen molar-refractivity contribution in [1.29, 1.82) is 0 Å². The number of piperazine rings is 1. The second-order valence-corrected chi connectivity index (χ2v) is 6.28. The Bertz CT molecular complexity index is 512. The molecule has 1 aliphatic rings. The number of hydrogen-bond donors (Lipinski definition) is 2. The number of hydrogen-bond acceptors (Lipinski definition) is 4. The highest BCUT2D eigenvalue weighted by atomic mass is 79.9. The third kappa shape index (κ3) is 3.68. The predicted molar refractivity (Wildman–Crippen MR) is 90.2 cm³/mol. The highest BCUT2D eigenvalue weighted by Gasteiger charge is 2.20. The van der Waals surface area contributed by atoms with Gasteiger partial charge in [-0.15, -0.1) is 0 Å². The smallest absolute Gasteiger partial charge is 0.171 e. The summed E-state index contributed by atoms with van der Waals surface area (Å²) in [6.07, 6.45) is 1.19. The second-order valence-electron chi connectivity index (χ2n) is 5.43. The molecule has 6 heteroatoms. The first kappa shape index (κ1) is 16.1. The Morgan fingerprint density at radius 2 is 2.05 bits per heavy atom. The summed E-state index contributed by atoms with van der Waals surface area (Å²) >= 11 is 3.49. The molecular formula is C15H23BrN4O. The molecule has 1 saturated heterocycles. The maximum atomic E-state index is 8.76. The number of halogens is 1. The van der Waals surface area contributed by atoms with Gasteiger partial charge in [-0.25, -0.2) is 0 Å². The monoisotopic (exact) mass is 354 g/mol. The zero-order valence-electron chi connectivity index (χ0n) is 12.6. The molecule has 1 fully saturated rings. The van der Waals surface area contributed by atoms with Gasteiger partial charge in [-0.3, -0.25) is 4.90 Å². The summed E-state index contributed by atoms with van der Waals surface area (Å²) < 4.78 is 0.847. The van der Waals surface area contributed by atoms with E-state index in [4.69, 9.17) is 10.9 Å². The van der Waals surface area contributed by atoms with Crippen molar-refractivity contribution < 1.29 is 5.21 Å². The van der Waals surface area contributed by atoms with E-state index in [-0.39, 0.29) is 5.84 Å². The van der Waals surface area contributed by atoms with Crippen LogP contribution >= 0.6 is 15.9 Å². The third-order valence-corrected chi connectivity index (χ3v) is 4.89. The molecule has 0 spiro atoms. The van der Waals surface area contributed by atoms with Crippen molar-refractivity contribution in [2.45, 2.75) is 26.3 Å². The Hall–Kier alpha value is -1.27. The molecule has 1 atom stereocenters. The summed E-state index contributed by atoms with van der Waals surface area (Å²) in [7, 11) is 0. The van der Waals surface area contributed by atoms with Crippen molar-refractivity contribution in [1.82, 2.24) is 4.90 Å². The molecule has 0 saturated carbocycles. The van der Waals surface area contributed by atoms with Gasteiger partial charge in [0.1, 0.15) is 0 Å². The average molecular weight is 355 g/mol. The van der Waals surface area contributed by atoms with Crippen LogP contribution in [0, 0.1) is 0 Å². The number of nitrogens with zero attached hydrogens (tertiary/aromatic N) is 3. The van der Waals surface area contributed by atoms with E-state index in [0.29, 0.717) is 11.6 Å². The summed E-state index contributed by atoms with van der Waals surface area (Å²) in [6.45, 7) is 8.76. The van der Waals surface area contributed by atoms with Crippen LogP contribution < -0.4 is 10.6 Å². The van der Waals surface area contributed by atoms with Gasteiger partial charge in [0.05, 0.1) is 0 Å². The molecular weight excluding hydrogens is 332 g/mol. The van der Waals surface area contributed by atoms with E-state index < -0.39 is 0 Å². The SMILES string of the molecule is CCC(C)N1CCN(c2ccc(/C(N)=N/O)c(Br)c2)CC1. The van der Waals surface area contributed by atoms with Gasteiger partial charge in [0.25, 0.3) is 0 Å². The molecule has 2 rings (SSSR count). The Morgan fingerprint density at radius 3 is 2.57 bits per heavy atom. The standard InChI is InChI=1S/C15H23BrN4O/c1-3-11(2)19-6-8-20(9-7-19)12-4-5-13(14(16)10-12)15(17)18-21/h4-5,10-11,21H,3,6-9H2,1-2H3,(H2,17,18). The van der Waals surface area contributed by atoms with Gasteiger partial charge < -0.3 is 15.8 Å². The van der Waals surface area contributed by atoms with E-state index in [1.807, 2.05) is 18.2 Å². The number of nitrogens with two attached hydrogens (primary N) is 1. The zero-order chi connectivity index (χ0) is 15.4. The summed E-state index contributed by atoms with van der Waals surface area (Å²) in [6, 6.07) is 6.60. The quantitative estimate of drug-likeness (QED) is 0.377. The van der Waals surface area contributed by atoms with Crippen LogP contribution in [-0.2, 0) is 0 Å². The van der Waals surface area contributed by atoms with E-state index in [1.165, 1.54) is 12.1 Å². The van der Waals surface area contributed by atoms with E-state index in [2.05, 4.69) is 44.7 Å². The molecule has 1 aromatic rings. The normalized spacial score (nSPS) is 18.8. The lowest BCUT2D eigenvalue weighted by atomic mass is 10.1. The molecule has 1 heterocycles. The highest BCUT2D eigenvalue weighted by molar-refractivity contribution is 9.10. The van der Waals surface area contributed by atoms with Crippen molar-refractivity contribution in [3.63, 3.8) is 0 Å². The van der Waals surface area contributed by atoms with Gasteiger partial charge in [-0.2, -0.15) is 0 Å². The summed E-state index contributed by atoms with van der Waals surface area (Å²) in [5.41, 5.74) is 7.51. The predicted octanol–water partition coefficient (Wildman–Crippen LogP) is 2.46. The number of anilines is 1. The van der Waals surface area contributed by atoms with Crippen molar-refractivity contribution in [2.75, 3.05) is 31.1 Å². The van der Waals surface area contributed by atoms with Gasteiger partial charge in [0.2, 0.25) is 0 Å². The minimum atomic E-state index is 0.120. The van der Waals surface area contributed by atoms with Gasteiger partial charge >= 0.3 is 0 Å². The topological polar surface area (TPSA) is 65.1 Å². The van der Waals surface area contributed by atoms with Crippen molar-refractivity contribution in [3.05, 3.63) is 28.2 Å². The second kappa shape index (κ2) is 7.13. The zero-order valence-corrected chi connectivity index (χ0v) is 14.2. The maximum absolute atomic E-state index is 8.76. The van der Waals surface area contributed by atoms with Crippen molar-refractivity contribution >= 4 is 27.5 Å². The van der Waals surface area contributed by atoms with Crippen LogP contribution in [0.15, 0.2) is 27.8 Å². The number of oxime groups is 1. The molecule has 1 aromatic carbocycles. The minimum absolute atomic E-state index is 0.120. The number of rotatable bonds is 4. The fourth-order valence-electron chi connectivity index (χ4n) is 2.64. The Morgan fingerprint density at radius 1 is 1.38 bits per heavy atom. The molecule has 0 radical (unpaired) electrons. The molecule has 0 aromatic heterocycles. The Kier molecular flexibility index (Phi) is 5.47. The van der Waals surface area contributed by atoms with E-state index >= 15 is 0 Å².